The number of aliphatic hydroxyl groups is 3. The molecule has 0 aromatic heterocycles. The highest BCUT2D eigenvalue weighted by molar-refractivity contribution is 7.96. The van der Waals surface area contributed by atoms with Crippen LogP contribution in [0.15, 0.2) is 109 Å². The number of thiol groups is 1. The number of aliphatic carboxylic acids is 2. The van der Waals surface area contributed by atoms with E-state index in [1.54, 1.807) is 42.5 Å². The second-order valence-corrected chi connectivity index (χ2v) is 25.4. The molecule has 0 radical (unpaired) electrons. The van der Waals surface area contributed by atoms with Crippen LogP contribution >= 0.6 is 12.6 Å². The standard InChI is InChI=1S/C35H47N5O11.C19H26N2O7S.C16H21N3O3.CH4.H2O/c1-19(41)31(28(45)17-23(33(49)38-18-29(37)46)14-21-6-4-3-5-7-21)39-35(51)32(20(2)42)40-34(50)24(15-22-8-10-25(43)11-9-22)16-27(44)26(36)12-13-30(47)48;1-10(22)17(19(28)29)21-18(27)12(8-11-2-4-13(23)5-3-11)9-15(24)14(20)6-7-16(25)26;1-10-15(18-10)16(22)19-12(13(20)7-8-14(17)21)9-11-5-3-2-4-6-11;;/h3-11,19-20,23-24,26,31-32,41-43H,12-18,36H2,1-2H3,(H2,37,46)(H,38,49)(H,39,51)(H,40,50)(H,47,48);2-5,10,12,14,17,22-23H,6-9,20H2,1H3,(H,21,27)(H,25,26)(H,28,29);2-6,10,12,15,18H,7-9H2,1H3,(H2,17,21)(H,19,22);1H4;1H2/t19-,20-,23-,24-,26+,31+,32?;10-,12-,14+,17?;10-,12-,15-;;/m110../s1. The van der Waals surface area contributed by atoms with Gasteiger partial charge in [-0.2, -0.15) is 0 Å². The van der Waals surface area contributed by atoms with Crippen LogP contribution in [0.5, 0.6) is 11.5 Å². The average Bonchev–Trinajstić information content (AvgIpc) is 1.28. The number of rotatable bonds is 42. The van der Waals surface area contributed by atoms with Crippen LogP contribution in [0.1, 0.15) is 115 Å². The van der Waals surface area contributed by atoms with Gasteiger partial charge in [0.05, 0.1) is 43.0 Å². The fourth-order valence-electron chi connectivity index (χ4n) is 10.2. The SMILES string of the molecule is C.C[C@@H](O)C(NC(=O)[C@@H](CC(=O)[C@@H](N)CCC(=O)O)Cc1ccc(O)cc1)C(=O)N[C@H](C(=O)C[C@@H](Cc1ccccc1)C(=O)NCC(N)=O)[C@@H](C)O.C[C@@H](O)C(NC(=O)[C@@H](CC(=O)[C@@H](N)CCC(=O)O)Cc1ccc(O)cc1)C(=O)S.C[C@@H]1N[C@@H]1C(=O)N[C@@H](Cc1ccccc1)C(=O)CCC(N)=O.O. The zero-order valence-corrected chi connectivity index (χ0v) is 58.4. The van der Waals surface area contributed by atoms with E-state index in [2.05, 4.69) is 44.5 Å². The Morgan fingerprint density at radius 3 is 1.20 bits per heavy atom. The van der Waals surface area contributed by atoms with Gasteiger partial charge in [-0.05, 0) is 113 Å². The maximum atomic E-state index is 13.6. The van der Waals surface area contributed by atoms with Gasteiger partial charge >= 0.3 is 11.9 Å². The van der Waals surface area contributed by atoms with Gasteiger partial charge in [0.2, 0.25) is 46.5 Å². The first-order valence-corrected chi connectivity index (χ1v) is 33.2. The molecule has 4 aromatic carbocycles. The highest BCUT2D eigenvalue weighted by Crippen LogP contribution is 2.22. The number of aliphatic hydroxyl groups excluding tert-OH is 3. The number of nitrogens with two attached hydrogens (primary N) is 4. The van der Waals surface area contributed by atoms with Crippen LogP contribution in [0.2, 0.25) is 0 Å². The fraction of sp³-hybridized carbons (Fsp3) is 0.465. The third kappa shape index (κ3) is 34.9. The molecule has 1 heterocycles. The van der Waals surface area contributed by atoms with E-state index in [-0.39, 0.29) is 112 Å². The molecule has 14 atom stereocenters. The third-order valence-corrected chi connectivity index (χ3v) is 16.5. The molecule has 2 unspecified atom stereocenters. The Kier molecular flexibility index (Phi) is 41.4. The molecule has 1 aliphatic rings. The number of hydrogen-bond donors (Lipinski definition) is 18. The van der Waals surface area contributed by atoms with Gasteiger partial charge in [-0.25, -0.2) is 0 Å². The molecular formula is C71H100N10O22S. The van der Waals surface area contributed by atoms with Gasteiger partial charge in [0.25, 0.3) is 0 Å². The van der Waals surface area contributed by atoms with Gasteiger partial charge < -0.3 is 90.7 Å². The first-order chi connectivity index (χ1) is 48.0. The van der Waals surface area contributed by atoms with E-state index in [1.807, 2.05) is 37.3 Å². The van der Waals surface area contributed by atoms with E-state index < -0.39 is 162 Å². The number of aromatic hydroxyl groups is 2. The van der Waals surface area contributed by atoms with Crippen molar-refractivity contribution in [1.29, 1.82) is 0 Å². The molecule has 1 fully saturated rings. The Bertz CT molecular complexity index is 3500. The Morgan fingerprint density at radius 2 is 0.837 bits per heavy atom. The van der Waals surface area contributed by atoms with Crippen LogP contribution in [-0.2, 0) is 92.8 Å². The second kappa shape index (κ2) is 46.7. The lowest BCUT2D eigenvalue weighted by atomic mass is 9.89. The molecule has 33 heteroatoms. The minimum Gasteiger partial charge on any atom is -0.508 e. The van der Waals surface area contributed by atoms with Crippen molar-refractivity contribution in [1.82, 2.24) is 31.9 Å². The Balaban J connectivity index is 0.000000857. The predicted octanol–water partition coefficient (Wildman–Crippen LogP) is -1.40. The van der Waals surface area contributed by atoms with Crippen LogP contribution in [0.25, 0.3) is 0 Å². The largest absolute Gasteiger partial charge is 0.508 e. The topological polar surface area (TPSA) is 598 Å². The molecule has 0 bridgehead atoms. The Morgan fingerprint density at radius 1 is 0.471 bits per heavy atom. The highest BCUT2D eigenvalue weighted by atomic mass is 32.1. The molecule has 23 N–H and O–H groups in total. The summed E-state index contributed by atoms with van der Waals surface area (Å²) in [6, 6.07) is 22.5. The molecule has 1 saturated heterocycles. The van der Waals surface area contributed by atoms with Crippen molar-refractivity contribution in [3.63, 3.8) is 0 Å². The summed E-state index contributed by atoms with van der Waals surface area (Å²) in [7, 11) is 0. The molecule has 0 saturated carbocycles. The van der Waals surface area contributed by atoms with Crippen molar-refractivity contribution in [2.24, 2.45) is 40.7 Å². The lowest BCUT2D eigenvalue weighted by molar-refractivity contribution is -0.138. The van der Waals surface area contributed by atoms with Gasteiger partial charge in [0.15, 0.2) is 11.6 Å². The summed E-state index contributed by atoms with van der Waals surface area (Å²) in [6.07, 6.45) is -5.72. The molecule has 1 aliphatic heterocycles. The fourth-order valence-corrected chi connectivity index (χ4v) is 10.5. The van der Waals surface area contributed by atoms with Crippen LogP contribution < -0.4 is 54.8 Å². The number of nitrogens with one attached hydrogen (secondary N) is 6. The first-order valence-electron chi connectivity index (χ1n) is 32.7. The zero-order chi connectivity index (χ0) is 76.5. The number of ketones is 4. The number of phenols is 2. The van der Waals surface area contributed by atoms with Gasteiger partial charge in [0.1, 0.15) is 47.2 Å². The summed E-state index contributed by atoms with van der Waals surface area (Å²) in [5, 5.41) is 82.0. The van der Waals surface area contributed by atoms with E-state index in [4.69, 9.17) is 33.1 Å². The smallest absolute Gasteiger partial charge is 0.303 e. The molecule has 572 valence electrons. The number of primary amides is 2. The Hall–Kier alpha value is -9.87. The van der Waals surface area contributed by atoms with Gasteiger partial charge in [-0.1, -0.05) is 92.4 Å². The molecule has 4 aromatic rings. The van der Waals surface area contributed by atoms with Gasteiger partial charge in [-0.3, -0.25) is 72.4 Å². The minimum atomic E-state index is -1.68. The number of phenolic OH excluding ortho intramolecular Hbond substituents is 2. The number of hydrogen-bond acceptors (Lipinski definition) is 22. The van der Waals surface area contributed by atoms with Crippen molar-refractivity contribution in [2.45, 2.75) is 185 Å². The van der Waals surface area contributed by atoms with Crippen LogP contribution in [0.3, 0.4) is 0 Å². The Labute approximate surface area is 607 Å². The predicted molar refractivity (Wildman–Crippen MR) is 382 cm³/mol. The molecule has 0 aliphatic carbocycles. The molecular weight excluding hydrogens is 1380 g/mol. The number of amides is 7. The lowest BCUT2D eigenvalue weighted by Gasteiger charge is -2.28. The monoisotopic (exact) mass is 1480 g/mol. The lowest BCUT2D eigenvalue weighted by Crippen LogP contribution is -2.59. The van der Waals surface area contributed by atoms with Crippen molar-refractivity contribution in [3.8, 4) is 11.5 Å². The molecule has 32 nitrogen and oxygen atoms in total. The van der Waals surface area contributed by atoms with Crippen molar-refractivity contribution < 1.29 is 108 Å². The number of benzene rings is 4. The van der Waals surface area contributed by atoms with Gasteiger partial charge in [0, 0.05) is 68.7 Å². The molecule has 104 heavy (non-hydrogen) atoms. The molecule has 7 amide bonds. The first kappa shape index (κ1) is 92.1. The summed E-state index contributed by atoms with van der Waals surface area (Å²) < 4.78 is 0. The van der Waals surface area contributed by atoms with E-state index in [0.717, 1.165) is 5.56 Å². The summed E-state index contributed by atoms with van der Waals surface area (Å²) in [6.45, 7) is 5.18. The quantitative estimate of drug-likeness (QED) is 0.0179. The summed E-state index contributed by atoms with van der Waals surface area (Å²) in [5.41, 5.74) is 24.7. The summed E-state index contributed by atoms with van der Waals surface area (Å²) in [4.78, 5) is 171. The van der Waals surface area contributed by atoms with Crippen molar-refractivity contribution >= 4 is 94.2 Å². The van der Waals surface area contributed by atoms with Crippen LogP contribution in [-0.4, -0.2) is 196 Å². The maximum absolute atomic E-state index is 13.6. The number of Topliss-reactive ketones (excluding diaryl/α,β-unsaturated/α-hetero) is 4. The average molecular weight is 1480 g/mol. The number of carboxylic acid groups (broad SMARTS) is 2. The molecule has 5 rings (SSSR count). The van der Waals surface area contributed by atoms with Crippen molar-refractivity contribution in [2.75, 3.05) is 6.54 Å². The minimum absolute atomic E-state index is 0. The second-order valence-electron chi connectivity index (χ2n) is 24.9. The van der Waals surface area contributed by atoms with E-state index >= 15 is 0 Å². The van der Waals surface area contributed by atoms with E-state index in [0.29, 0.717) is 23.1 Å². The molecule has 0 spiro atoms. The summed E-state index contributed by atoms with van der Waals surface area (Å²) >= 11 is 3.65. The highest BCUT2D eigenvalue weighted by Gasteiger charge is 2.40. The normalized spacial score (nSPS) is 16.1. The van der Waals surface area contributed by atoms with Gasteiger partial charge in [-0.15, -0.1) is 12.6 Å². The van der Waals surface area contributed by atoms with Crippen LogP contribution in [0.4, 0.5) is 0 Å². The zero-order valence-electron chi connectivity index (χ0n) is 57.5. The van der Waals surface area contributed by atoms with Crippen molar-refractivity contribution in [3.05, 3.63) is 131 Å². The maximum Gasteiger partial charge on any atom is 0.303 e. The van der Waals surface area contributed by atoms with E-state index in [9.17, 15) is 92.7 Å². The third-order valence-electron chi connectivity index (χ3n) is 16.2. The number of carbonyl (C=O) groups excluding carboxylic acids is 12. The van der Waals surface area contributed by atoms with E-state index in [1.165, 1.54) is 57.2 Å². The number of carboxylic acids is 2. The van der Waals surface area contributed by atoms with Crippen LogP contribution in [0, 0.1) is 17.8 Å². The summed E-state index contributed by atoms with van der Waals surface area (Å²) in [5.74, 6) is -12.1. The number of carbonyl (C=O) groups is 14.